The summed E-state index contributed by atoms with van der Waals surface area (Å²) in [4.78, 5) is 14.3. The minimum absolute atomic E-state index is 0.337. The highest BCUT2D eigenvalue weighted by molar-refractivity contribution is 5.59. The first-order valence-corrected chi connectivity index (χ1v) is 5.44. The molecule has 3 heteroatoms. The number of rotatable bonds is 4. The SMILES string of the molecule is O=CCCc1ccc(-c2ccc(F)cn2)cc1. The van der Waals surface area contributed by atoms with Gasteiger partial charge in [-0.1, -0.05) is 24.3 Å². The lowest BCUT2D eigenvalue weighted by Gasteiger charge is -2.02. The van der Waals surface area contributed by atoms with Gasteiger partial charge >= 0.3 is 0 Å². The van der Waals surface area contributed by atoms with Crippen LogP contribution in [-0.2, 0) is 11.2 Å². The molecule has 0 aliphatic heterocycles. The van der Waals surface area contributed by atoms with Crippen molar-refractivity contribution in [3.8, 4) is 11.3 Å². The molecular weight excluding hydrogens is 217 g/mol. The number of hydrogen-bond acceptors (Lipinski definition) is 2. The minimum atomic E-state index is -0.337. The van der Waals surface area contributed by atoms with Gasteiger partial charge in [-0.2, -0.15) is 0 Å². The van der Waals surface area contributed by atoms with E-state index in [0.717, 1.165) is 29.5 Å². The molecule has 0 saturated carbocycles. The van der Waals surface area contributed by atoms with E-state index >= 15 is 0 Å². The molecule has 0 aliphatic rings. The summed E-state index contributed by atoms with van der Waals surface area (Å²) in [5, 5.41) is 0. The molecule has 2 aromatic rings. The molecule has 1 heterocycles. The number of halogens is 1. The Hall–Kier alpha value is -2.03. The van der Waals surface area contributed by atoms with Gasteiger partial charge in [0.2, 0.25) is 0 Å². The molecule has 0 bridgehead atoms. The summed E-state index contributed by atoms with van der Waals surface area (Å²) in [6.07, 6.45) is 3.40. The summed E-state index contributed by atoms with van der Waals surface area (Å²) in [5.74, 6) is -0.337. The Morgan fingerprint density at radius 2 is 1.88 bits per heavy atom. The Bertz CT molecular complexity index is 491. The van der Waals surface area contributed by atoms with Crippen molar-refractivity contribution >= 4 is 6.29 Å². The fourth-order valence-corrected chi connectivity index (χ4v) is 1.61. The van der Waals surface area contributed by atoms with Crippen molar-refractivity contribution in [2.24, 2.45) is 0 Å². The van der Waals surface area contributed by atoms with E-state index in [4.69, 9.17) is 0 Å². The maximum Gasteiger partial charge on any atom is 0.141 e. The predicted molar refractivity (Wildman–Crippen MR) is 64.0 cm³/mol. The zero-order chi connectivity index (χ0) is 12.1. The van der Waals surface area contributed by atoms with Crippen molar-refractivity contribution in [1.82, 2.24) is 4.98 Å². The molecule has 1 aromatic heterocycles. The van der Waals surface area contributed by atoms with E-state index in [2.05, 4.69) is 4.98 Å². The Morgan fingerprint density at radius 3 is 2.47 bits per heavy atom. The highest BCUT2D eigenvalue weighted by atomic mass is 19.1. The van der Waals surface area contributed by atoms with Gasteiger partial charge in [0, 0.05) is 12.0 Å². The van der Waals surface area contributed by atoms with Gasteiger partial charge in [0.15, 0.2) is 0 Å². The monoisotopic (exact) mass is 229 g/mol. The van der Waals surface area contributed by atoms with Crippen LogP contribution in [0.4, 0.5) is 4.39 Å². The fourth-order valence-electron chi connectivity index (χ4n) is 1.61. The van der Waals surface area contributed by atoms with Crippen LogP contribution in [-0.4, -0.2) is 11.3 Å². The van der Waals surface area contributed by atoms with Crippen molar-refractivity contribution in [1.29, 1.82) is 0 Å². The fraction of sp³-hybridized carbons (Fsp3) is 0.143. The molecule has 17 heavy (non-hydrogen) atoms. The minimum Gasteiger partial charge on any atom is -0.303 e. The van der Waals surface area contributed by atoms with E-state index in [9.17, 15) is 9.18 Å². The number of carbonyl (C=O) groups is 1. The average Bonchev–Trinajstić information content (AvgIpc) is 2.38. The first-order valence-electron chi connectivity index (χ1n) is 5.44. The van der Waals surface area contributed by atoms with Gasteiger partial charge in [-0.3, -0.25) is 4.98 Å². The van der Waals surface area contributed by atoms with Crippen molar-refractivity contribution < 1.29 is 9.18 Å². The number of pyridine rings is 1. The van der Waals surface area contributed by atoms with E-state index in [1.54, 1.807) is 6.07 Å². The number of carbonyl (C=O) groups excluding carboxylic acids is 1. The largest absolute Gasteiger partial charge is 0.303 e. The lowest BCUT2D eigenvalue weighted by molar-refractivity contribution is -0.107. The summed E-state index contributed by atoms with van der Waals surface area (Å²) in [5.41, 5.74) is 2.80. The molecule has 0 unspecified atom stereocenters. The van der Waals surface area contributed by atoms with Gasteiger partial charge in [-0.25, -0.2) is 4.39 Å². The predicted octanol–water partition coefficient (Wildman–Crippen LogP) is 3.02. The van der Waals surface area contributed by atoms with Crippen LogP contribution in [0.5, 0.6) is 0 Å². The number of hydrogen-bond donors (Lipinski definition) is 0. The van der Waals surface area contributed by atoms with Crippen LogP contribution in [0.1, 0.15) is 12.0 Å². The maximum absolute atomic E-state index is 12.7. The number of aryl methyl sites for hydroxylation is 1. The number of benzene rings is 1. The van der Waals surface area contributed by atoms with Gasteiger partial charge in [-0.05, 0) is 24.1 Å². The lowest BCUT2D eigenvalue weighted by atomic mass is 10.1. The summed E-state index contributed by atoms with van der Waals surface area (Å²) < 4.78 is 12.7. The number of nitrogens with zero attached hydrogens (tertiary/aromatic N) is 1. The Morgan fingerprint density at radius 1 is 1.12 bits per heavy atom. The molecule has 86 valence electrons. The zero-order valence-corrected chi connectivity index (χ0v) is 9.27. The summed E-state index contributed by atoms with van der Waals surface area (Å²) >= 11 is 0. The van der Waals surface area contributed by atoms with E-state index in [1.165, 1.54) is 12.3 Å². The highest BCUT2D eigenvalue weighted by Gasteiger charge is 2.00. The van der Waals surface area contributed by atoms with E-state index in [-0.39, 0.29) is 5.82 Å². The molecule has 2 rings (SSSR count). The van der Waals surface area contributed by atoms with Gasteiger partial charge in [0.25, 0.3) is 0 Å². The lowest BCUT2D eigenvalue weighted by Crippen LogP contribution is -1.88. The molecule has 0 atom stereocenters. The second-order valence-electron chi connectivity index (χ2n) is 3.76. The van der Waals surface area contributed by atoms with Crippen molar-refractivity contribution in [3.05, 3.63) is 54.0 Å². The first-order chi connectivity index (χ1) is 8.29. The first kappa shape index (κ1) is 11.5. The quantitative estimate of drug-likeness (QED) is 0.754. The van der Waals surface area contributed by atoms with Crippen LogP contribution in [0, 0.1) is 5.82 Å². The number of aromatic nitrogens is 1. The second kappa shape index (κ2) is 5.34. The van der Waals surface area contributed by atoms with Crippen molar-refractivity contribution in [3.63, 3.8) is 0 Å². The third-order valence-electron chi connectivity index (χ3n) is 2.53. The van der Waals surface area contributed by atoms with Crippen molar-refractivity contribution in [2.75, 3.05) is 0 Å². The topological polar surface area (TPSA) is 30.0 Å². The number of aldehydes is 1. The molecular formula is C14H12FNO. The third-order valence-corrected chi connectivity index (χ3v) is 2.53. The molecule has 0 radical (unpaired) electrons. The normalized spacial score (nSPS) is 10.2. The van der Waals surface area contributed by atoms with Crippen LogP contribution < -0.4 is 0 Å². The Balaban J connectivity index is 2.17. The van der Waals surface area contributed by atoms with Crippen LogP contribution in [0.15, 0.2) is 42.6 Å². The molecule has 0 fully saturated rings. The standard InChI is InChI=1S/C14H12FNO/c15-13-7-8-14(16-10-13)12-5-3-11(4-6-12)2-1-9-17/h3-10H,1-2H2. The van der Waals surface area contributed by atoms with Crippen LogP contribution in [0.3, 0.4) is 0 Å². The molecule has 0 saturated heterocycles. The maximum atomic E-state index is 12.7. The molecule has 0 amide bonds. The molecule has 2 nitrogen and oxygen atoms in total. The molecule has 0 spiro atoms. The van der Waals surface area contributed by atoms with E-state index in [0.29, 0.717) is 6.42 Å². The summed E-state index contributed by atoms with van der Waals surface area (Å²) in [7, 11) is 0. The van der Waals surface area contributed by atoms with Crippen LogP contribution in [0.2, 0.25) is 0 Å². The van der Waals surface area contributed by atoms with Crippen LogP contribution in [0.25, 0.3) is 11.3 Å². The molecule has 1 aromatic carbocycles. The van der Waals surface area contributed by atoms with Gasteiger partial charge in [-0.15, -0.1) is 0 Å². The zero-order valence-electron chi connectivity index (χ0n) is 9.27. The molecule has 0 N–H and O–H groups in total. The van der Waals surface area contributed by atoms with Gasteiger partial charge < -0.3 is 4.79 Å². The highest BCUT2D eigenvalue weighted by Crippen LogP contribution is 2.17. The van der Waals surface area contributed by atoms with E-state index in [1.807, 2.05) is 24.3 Å². The smallest absolute Gasteiger partial charge is 0.141 e. The van der Waals surface area contributed by atoms with Crippen molar-refractivity contribution in [2.45, 2.75) is 12.8 Å². The summed E-state index contributed by atoms with van der Waals surface area (Å²) in [6, 6.07) is 10.8. The van der Waals surface area contributed by atoms with Crippen LogP contribution >= 0.6 is 0 Å². The molecule has 0 aliphatic carbocycles. The Labute approximate surface area is 99.1 Å². The van der Waals surface area contributed by atoms with Gasteiger partial charge in [0.05, 0.1) is 11.9 Å². The third kappa shape index (κ3) is 2.97. The second-order valence-corrected chi connectivity index (χ2v) is 3.76. The van der Waals surface area contributed by atoms with Gasteiger partial charge in [0.1, 0.15) is 12.1 Å². The average molecular weight is 229 g/mol. The summed E-state index contributed by atoms with van der Waals surface area (Å²) in [6.45, 7) is 0. The van der Waals surface area contributed by atoms with E-state index < -0.39 is 0 Å². The Kier molecular flexibility index (Phi) is 3.60.